The standard InChI is InChI=1S/C25H28ClFN4O7S/c26-24-29-19-17(20(30-24)39-14-8-4-5-9-14)28-12-31(19)21-16(27)18(32)15(38-21)11-37-25(22(33)34,23(35)36)10-13-6-2-1-3-7-13/h1-3,6-7,12,14-16,18,21-22,32-34H,4-5,8-11H2,(H,35,36)/t15-,16+,18-,21-,25?/m1/s1. The number of aliphatic hydroxyl groups excluding tert-OH is 2. The number of carboxylic acid groups (broad SMARTS) is 1. The molecule has 39 heavy (non-hydrogen) atoms. The summed E-state index contributed by atoms with van der Waals surface area (Å²) in [4.78, 5) is 25.0. The second kappa shape index (κ2) is 11.6. The van der Waals surface area contributed by atoms with Gasteiger partial charge in [0.2, 0.25) is 10.9 Å². The molecular formula is C25H28ClFN4O7S. The van der Waals surface area contributed by atoms with Crippen molar-refractivity contribution in [3.63, 3.8) is 0 Å². The first-order chi connectivity index (χ1) is 18.7. The summed E-state index contributed by atoms with van der Waals surface area (Å²) in [6.45, 7) is -0.639. The molecule has 1 saturated carbocycles. The molecule has 4 N–H and O–H groups in total. The second-order valence-electron chi connectivity index (χ2n) is 9.69. The highest BCUT2D eigenvalue weighted by atomic mass is 35.5. The van der Waals surface area contributed by atoms with Gasteiger partial charge in [-0.1, -0.05) is 43.2 Å². The zero-order valence-corrected chi connectivity index (χ0v) is 22.2. The third kappa shape index (κ3) is 5.62. The van der Waals surface area contributed by atoms with Crippen molar-refractivity contribution in [1.29, 1.82) is 0 Å². The number of nitrogens with zero attached hydrogens (tertiary/aromatic N) is 4. The molecule has 3 aromatic rings. The normalized spacial score (nSPS) is 25.5. The average Bonchev–Trinajstić information content (AvgIpc) is 3.63. The Hall–Kier alpha value is -2.39. The van der Waals surface area contributed by atoms with Crippen LogP contribution in [0.2, 0.25) is 5.28 Å². The summed E-state index contributed by atoms with van der Waals surface area (Å²) in [6, 6.07) is 8.26. The molecule has 0 bridgehead atoms. The van der Waals surface area contributed by atoms with Crippen molar-refractivity contribution in [2.45, 2.75) is 78.9 Å². The number of carbonyl (C=O) groups is 1. The van der Waals surface area contributed by atoms with Crippen molar-refractivity contribution in [3.05, 3.63) is 47.5 Å². The smallest absolute Gasteiger partial charge is 0.341 e. The molecule has 1 aliphatic heterocycles. The molecule has 3 heterocycles. The Balaban J connectivity index is 1.36. The number of rotatable bonds is 10. The summed E-state index contributed by atoms with van der Waals surface area (Å²) in [7, 11) is 0. The summed E-state index contributed by atoms with van der Waals surface area (Å²) in [5.41, 5.74) is -1.36. The van der Waals surface area contributed by atoms with Gasteiger partial charge in [-0.2, -0.15) is 4.98 Å². The molecule has 0 spiro atoms. The van der Waals surface area contributed by atoms with Crippen LogP contribution in [-0.2, 0) is 20.7 Å². The van der Waals surface area contributed by atoms with E-state index in [0.717, 1.165) is 25.7 Å². The molecular weight excluding hydrogens is 555 g/mol. The third-order valence-electron chi connectivity index (χ3n) is 7.10. The molecule has 1 aliphatic carbocycles. The van der Waals surface area contributed by atoms with E-state index in [4.69, 9.17) is 21.1 Å². The van der Waals surface area contributed by atoms with Gasteiger partial charge < -0.3 is 29.9 Å². The molecule has 5 atom stereocenters. The van der Waals surface area contributed by atoms with Crippen molar-refractivity contribution < 1.29 is 39.1 Å². The molecule has 2 aromatic heterocycles. The van der Waals surface area contributed by atoms with Gasteiger partial charge in [-0.3, -0.25) is 4.57 Å². The Morgan fingerprint density at radius 3 is 2.64 bits per heavy atom. The van der Waals surface area contributed by atoms with Gasteiger partial charge in [0.25, 0.3) is 0 Å². The largest absolute Gasteiger partial charge is 0.479 e. The summed E-state index contributed by atoms with van der Waals surface area (Å²) in [5, 5.41) is 41.4. The lowest BCUT2D eigenvalue weighted by Gasteiger charge is -2.32. The highest BCUT2D eigenvalue weighted by Crippen LogP contribution is 2.39. The fourth-order valence-corrected chi connectivity index (χ4v) is 6.45. The Morgan fingerprint density at radius 2 is 1.97 bits per heavy atom. The summed E-state index contributed by atoms with van der Waals surface area (Å²) in [6.07, 6.45) is -3.49. The number of aromatic nitrogens is 4. The number of imidazole rings is 1. The first-order valence-electron chi connectivity index (χ1n) is 12.5. The quantitative estimate of drug-likeness (QED) is 0.158. The van der Waals surface area contributed by atoms with Crippen molar-refractivity contribution in [1.82, 2.24) is 19.5 Å². The number of halogens is 2. The van der Waals surface area contributed by atoms with E-state index in [-0.39, 0.29) is 10.9 Å². The maximum absolute atomic E-state index is 15.4. The predicted octanol–water partition coefficient (Wildman–Crippen LogP) is 2.50. The highest BCUT2D eigenvalue weighted by molar-refractivity contribution is 8.00. The topological polar surface area (TPSA) is 160 Å². The Morgan fingerprint density at radius 1 is 1.26 bits per heavy atom. The van der Waals surface area contributed by atoms with Crippen LogP contribution in [0.25, 0.3) is 11.2 Å². The number of alkyl halides is 1. The lowest BCUT2D eigenvalue weighted by atomic mass is 9.93. The Bertz CT molecular complexity index is 1310. The number of thioether (sulfide) groups is 1. The van der Waals surface area contributed by atoms with Crippen LogP contribution < -0.4 is 0 Å². The minimum atomic E-state index is -2.48. The molecule has 210 valence electrons. The molecule has 1 unspecified atom stereocenters. The molecule has 5 rings (SSSR count). The van der Waals surface area contributed by atoms with Crippen molar-refractivity contribution in [3.8, 4) is 0 Å². The van der Waals surface area contributed by atoms with Gasteiger partial charge in [0.1, 0.15) is 22.8 Å². The lowest BCUT2D eigenvalue weighted by Crippen LogP contribution is -2.55. The number of ether oxygens (including phenoxy) is 2. The fraction of sp³-hybridized carbons (Fsp3) is 0.520. The molecule has 0 amide bonds. The first-order valence-corrected chi connectivity index (χ1v) is 13.8. The van der Waals surface area contributed by atoms with E-state index in [1.54, 1.807) is 42.1 Å². The van der Waals surface area contributed by atoms with Crippen molar-refractivity contribution in [2.75, 3.05) is 6.61 Å². The number of hydrogen-bond donors (Lipinski definition) is 4. The van der Waals surface area contributed by atoms with E-state index in [0.29, 0.717) is 21.4 Å². The van der Waals surface area contributed by atoms with E-state index in [9.17, 15) is 25.2 Å². The summed E-state index contributed by atoms with van der Waals surface area (Å²) in [5.74, 6) is -1.64. The third-order valence-corrected chi connectivity index (χ3v) is 8.59. The van der Waals surface area contributed by atoms with Gasteiger partial charge in [0.05, 0.1) is 12.9 Å². The van der Waals surface area contributed by atoms with Crippen molar-refractivity contribution >= 4 is 40.5 Å². The molecule has 2 fully saturated rings. The van der Waals surface area contributed by atoms with Crippen LogP contribution in [0.3, 0.4) is 0 Å². The van der Waals surface area contributed by atoms with Crippen LogP contribution in [0.5, 0.6) is 0 Å². The molecule has 0 radical (unpaired) electrons. The van der Waals surface area contributed by atoms with Gasteiger partial charge in [-0.25, -0.2) is 19.2 Å². The maximum Gasteiger partial charge on any atom is 0.341 e. The SMILES string of the molecule is O=C(O)C(Cc1ccccc1)(OC[C@H]1O[C@@H](n2cnc3c(SC4CCCC4)nc(Cl)nc32)[C@@H](F)[C@@H]1O)C(O)O. The zero-order valence-electron chi connectivity index (χ0n) is 20.6. The zero-order chi connectivity index (χ0) is 27.7. The minimum Gasteiger partial charge on any atom is -0.479 e. The number of benzene rings is 1. The molecule has 1 aromatic carbocycles. The highest BCUT2D eigenvalue weighted by Gasteiger charge is 2.51. The second-order valence-corrected chi connectivity index (χ2v) is 11.3. The summed E-state index contributed by atoms with van der Waals surface area (Å²) >= 11 is 7.73. The van der Waals surface area contributed by atoms with Gasteiger partial charge >= 0.3 is 5.97 Å². The number of aliphatic carboxylic acids is 1. The number of fused-ring (bicyclic) bond motifs is 1. The number of aliphatic hydroxyl groups is 3. The van der Waals surface area contributed by atoms with Gasteiger partial charge in [0.15, 0.2) is 24.3 Å². The summed E-state index contributed by atoms with van der Waals surface area (Å²) < 4.78 is 27.9. The number of hydrogen-bond acceptors (Lipinski definition) is 10. The first kappa shape index (κ1) is 28.1. The Kier molecular flexibility index (Phi) is 8.38. The maximum atomic E-state index is 15.4. The van der Waals surface area contributed by atoms with Crippen LogP contribution in [0.15, 0.2) is 41.7 Å². The molecule has 2 aliphatic rings. The Labute approximate surface area is 232 Å². The van der Waals surface area contributed by atoms with Crippen LogP contribution in [0, 0.1) is 0 Å². The van der Waals surface area contributed by atoms with Crippen LogP contribution >= 0.6 is 23.4 Å². The van der Waals surface area contributed by atoms with E-state index in [1.807, 2.05) is 0 Å². The molecule has 11 nitrogen and oxygen atoms in total. The van der Waals surface area contributed by atoms with E-state index in [2.05, 4.69) is 15.0 Å². The lowest BCUT2D eigenvalue weighted by molar-refractivity contribution is -0.231. The minimum absolute atomic E-state index is 0.0392. The molecule has 1 saturated heterocycles. The number of carboxylic acids is 1. The van der Waals surface area contributed by atoms with Gasteiger partial charge in [0, 0.05) is 11.7 Å². The van der Waals surface area contributed by atoms with Crippen LogP contribution in [0.4, 0.5) is 4.39 Å². The van der Waals surface area contributed by atoms with Crippen molar-refractivity contribution in [2.24, 2.45) is 0 Å². The van der Waals surface area contributed by atoms with Crippen LogP contribution in [0.1, 0.15) is 37.5 Å². The average molecular weight is 583 g/mol. The predicted molar refractivity (Wildman–Crippen MR) is 138 cm³/mol. The van der Waals surface area contributed by atoms with Gasteiger partial charge in [-0.05, 0) is 30.0 Å². The van der Waals surface area contributed by atoms with E-state index >= 15 is 4.39 Å². The monoisotopic (exact) mass is 582 g/mol. The van der Waals surface area contributed by atoms with Gasteiger partial charge in [-0.15, -0.1) is 11.8 Å². The van der Waals surface area contributed by atoms with Crippen LogP contribution in [-0.4, -0.2) is 88.0 Å². The van der Waals surface area contributed by atoms with E-state index < -0.39 is 55.5 Å². The fourth-order valence-electron chi connectivity index (χ4n) is 4.96. The van der Waals surface area contributed by atoms with E-state index in [1.165, 1.54) is 10.9 Å². The molecule has 14 heteroatoms.